The van der Waals surface area contributed by atoms with Crippen LogP contribution in [0, 0.1) is 0 Å². The summed E-state index contributed by atoms with van der Waals surface area (Å²) in [6.07, 6.45) is 2.43. The maximum absolute atomic E-state index is 11.9. The Balaban J connectivity index is 1.79. The Morgan fingerprint density at radius 3 is 2.58 bits per heavy atom. The van der Waals surface area contributed by atoms with Crippen molar-refractivity contribution in [1.82, 2.24) is 0 Å². The van der Waals surface area contributed by atoms with E-state index in [0.29, 0.717) is 13.0 Å². The lowest BCUT2D eigenvalue weighted by Crippen LogP contribution is -2.29. The van der Waals surface area contributed by atoms with Crippen molar-refractivity contribution in [3.63, 3.8) is 0 Å². The third-order valence-corrected chi connectivity index (χ3v) is 3.42. The molecule has 1 heterocycles. The number of halogens is 1. The second-order valence-corrected chi connectivity index (χ2v) is 5.65. The van der Waals surface area contributed by atoms with E-state index < -0.39 is 5.60 Å². The van der Waals surface area contributed by atoms with Crippen LogP contribution in [0.5, 0.6) is 0 Å². The molecule has 1 aliphatic heterocycles. The van der Waals surface area contributed by atoms with Crippen LogP contribution in [0.4, 0.5) is 0 Å². The summed E-state index contributed by atoms with van der Waals surface area (Å²) in [7, 11) is 0. The predicted octanol–water partition coefficient (Wildman–Crippen LogP) is 3.38. The largest absolute Gasteiger partial charge is 0.461 e. The number of esters is 1. The Kier molecular flexibility index (Phi) is 4.48. The van der Waals surface area contributed by atoms with Crippen LogP contribution in [0.15, 0.2) is 24.3 Å². The zero-order valence-corrected chi connectivity index (χ0v) is 12.1. The van der Waals surface area contributed by atoms with Crippen molar-refractivity contribution in [2.75, 3.05) is 6.61 Å². The molecule has 0 saturated carbocycles. The van der Waals surface area contributed by atoms with Crippen LogP contribution in [0.1, 0.15) is 32.3 Å². The molecule has 0 aromatic heterocycles. The number of carbonyl (C=O) groups is 1. The molecule has 0 radical (unpaired) electrons. The summed E-state index contributed by atoms with van der Waals surface area (Å²) in [6.45, 7) is 4.18. The number of benzene rings is 1. The molecule has 1 fully saturated rings. The fraction of sp³-hybridized carbons (Fsp3) is 0.533. The number of ether oxygens (including phenoxy) is 2. The second-order valence-electron chi connectivity index (χ2n) is 5.22. The van der Waals surface area contributed by atoms with Crippen molar-refractivity contribution in [1.29, 1.82) is 0 Å². The number of aryl methyl sites for hydroxylation is 1. The molecule has 4 heteroatoms. The van der Waals surface area contributed by atoms with E-state index in [9.17, 15) is 4.79 Å². The van der Waals surface area contributed by atoms with E-state index in [2.05, 4.69) is 0 Å². The number of epoxide rings is 1. The summed E-state index contributed by atoms with van der Waals surface area (Å²) < 4.78 is 10.5. The van der Waals surface area contributed by atoms with Gasteiger partial charge in [-0.25, -0.2) is 4.79 Å². The molecule has 104 valence electrons. The van der Waals surface area contributed by atoms with E-state index >= 15 is 0 Å². The number of hydrogen-bond acceptors (Lipinski definition) is 3. The lowest BCUT2D eigenvalue weighted by atomic mass is 10.0. The van der Waals surface area contributed by atoms with Gasteiger partial charge in [0.1, 0.15) is 0 Å². The zero-order valence-electron chi connectivity index (χ0n) is 11.3. The summed E-state index contributed by atoms with van der Waals surface area (Å²) in [6, 6.07) is 7.78. The van der Waals surface area contributed by atoms with Crippen molar-refractivity contribution in [3.8, 4) is 0 Å². The third kappa shape index (κ3) is 3.95. The van der Waals surface area contributed by atoms with Crippen molar-refractivity contribution in [2.45, 2.75) is 44.8 Å². The van der Waals surface area contributed by atoms with Gasteiger partial charge in [-0.2, -0.15) is 0 Å². The van der Waals surface area contributed by atoms with Crippen LogP contribution in [0.2, 0.25) is 5.02 Å². The smallest absolute Gasteiger partial charge is 0.341 e. The Labute approximate surface area is 118 Å². The minimum absolute atomic E-state index is 0.0927. The lowest BCUT2D eigenvalue weighted by molar-refractivity contribution is -0.154. The van der Waals surface area contributed by atoms with Crippen molar-refractivity contribution in [2.24, 2.45) is 0 Å². The average Bonchev–Trinajstić information content (AvgIpc) is 3.12. The van der Waals surface area contributed by atoms with E-state index in [1.54, 1.807) is 0 Å². The van der Waals surface area contributed by atoms with Gasteiger partial charge in [-0.3, -0.25) is 0 Å². The maximum atomic E-state index is 11.9. The first-order chi connectivity index (χ1) is 9.02. The van der Waals surface area contributed by atoms with Gasteiger partial charge in [0.25, 0.3) is 0 Å². The normalized spacial score (nSPS) is 21.5. The highest BCUT2D eigenvalue weighted by Crippen LogP contribution is 2.34. The van der Waals surface area contributed by atoms with Gasteiger partial charge >= 0.3 is 5.97 Å². The van der Waals surface area contributed by atoms with Crippen LogP contribution in [0.3, 0.4) is 0 Å². The molecular weight excluding hydrogens is 264 g/mol. The third-order valence-electron chi connectivity index (χ3n) is 3.17. The minimum atomic E-state index is -0.670. The first-order valence-corrected chi connectivity index (χ1v) is 6.99. The summed E-state index contributed by atoms with van der Waals surface area (Å²) >= 11 is 5.84. The molecule has 19 heavy (non-hydrogen) atoms. The molecule has 1 atom stereocenters. The standard InChI is InChI=1S/C15H19ClO3/c1-11(2)19-14(17)15(10-18-15)9-3-4-12-5-7-13(16)8-6-12/h5-8,11H,3-4,9-10H2,1-2H3. The van der Waals surface area contributed by atoms with E-state index in [0.717, 1.165) is 17.9 Å². The van der Waals surface area contributed by atoms with Crippen molar-refractivity contribution in [3.05, 3.63) is 34.9 Å². The molecule has 1 aliphatic rings. The van der Waals surface area contributed by atoms with Gasteiger partial charge in [0.2, 0.25) is 0 Å². The molecule has 1 aromatic carbocycles. The topological polar surface area (TPSA) is 38.8 Å². The minimum Gasteiger partial charge on any atom is -0.461 e. The highest BCUT2D eigenvalue weighted by atomic mass is 35.5. The first-order valence-electron chi connectivity index (χ1n) is 6.61. The molecule has 1 aromatic rings. The van der Waals surface area contributed by atoms with Gasteiger partial charge in [0, 0.05) is 5.02 Å². The zero-order chi connectivity index (χ0) is 13.9. The number of hydrogen-bond donors (Lipinski definition) is 0. The molecule has 2 rings (SSSR count). The Bertz CT molecular complexity index is 435. The summed E-state index contributed by atoms with van der Waals surface area (Å²) in [5, 5.41) is 0.742. The monoisotopic (exact) mass is 282 g/mol. The van der Waals surface area contributed by atoms with Gasteiger partial charge in [0.05, 0.1) is 12.7 Å². The average molecular weight is 283 g/mol. The molecule has 3 nitrogen and oxygen atoms in total. The highest BCUT2D eigenvalue weighted by molar-refractivity contribution is 6.30. The fourth-order valence-electron chi connectivity index (χ4n) is 2.00. The lowest BCUT2D eigenvalue weighted by Gasteiger charge is -2.13. The fourth-order valence-corrected chi connectivity index (χ4v) is 2.13. The van der Waals surface area contributed by atoms with E-state index in [1.807, 2.05) is 38.1 Å². The Hall–Kier alpha value is -1.06. The highest BCUT2D eigenvalue weighted by Gasteiger charge is 2.53. The van der Waals surface area contributed by atoms with E-state index in [1.165, 1.54) is 5.56 Å². The second kappa shape index (κ2) is 5.93. The summed E-state index contributed by atoms with van der Waals surface area (Å²) in [4.78, 5) is 11.9. The molecule has 0 aliphatic carbocycles. The molecular formula is C15H19ClO3. The van der Waals surface area contributed by atoms with Crippen LogP contribution in [-0.4, -0.2) is 24.3 Å². The molecule has 1 unspecified atom stereocenters. The first kappa shape index (κ1) is 14.4. The van der Waals surface area contributed by atoms with Gasteiger partial charge in [-0.15, -0.1) is 0 Å². The predicted molar refractivity (Wildman–Crippen MR) is 74.3 cm³/mol. The van der Waals surface area contributed by atoms with Gasteiger partial charge in [-0.1, -0.05) is 23.7 Å². The van der Waals surface area contributed by atoms with Gasteiger partial charge in [-0.05, 0) is 50.8 Å². The number of rotatable bonds is 6. The molecule has 0 N–H and O–H groups in total. The van der Waals surface area contributed by atoms with Crippen molar-refractivity contribution >= 4 is 17.6 Å². The summed E-state index contributed by atoms with van der Waals surface area (Å²) in [5.41, 5.74) is 0.550. The van der Waals surface area contributed by atoms with E-state index in [-0.39, 0.29) is 12.1 Å². The molecule has 0 bridgehead atoms. The van der Waals surface area contributed by atoms with Crippen LogP contribution < -0.4 is 0 Å². The SMILES string of the molecule is CC(C)OC(=O)C1(CCCc2ccc(Cl)cc2)CO1. The van der Waals surface area contributed by atoms with Crippen molar-refractivity contribution < 1.29 is 14.3 Å². The van der Waals surface area contributed by atoms with Crippen LogP contribution in [-0.2, 0) is 20.7 Å². The van der Waals surface area contributed by atoms with Crippen LogP contribution >= 0.6 is 11.6 Å². The quantitative estimate of drug-likeness (QED) is 0.593. The van der Waals surface area contributed by atoms with Gasteiger partial charge < -0.3 is 9.47 Å². The van der Waals surface area contributed by atoms with Gasteiger partial charge in [0.15, 0.2) is 5.60 Å². The molecule has 0 spiro atoms. The van der Waals surface area contributed by atoms with E-state index in [4.69, 9.17) is 21.1 Å². The Morgan fingerprint density at radius 1 is 1.42 bits per heavy atom. The Morgan fingerprint density at radius 2 is 2.05 bits per heavy atom. The summed E-state index contributed by atoms with van der Waals surface area (Å²) in [5.74, 6) is -0.224. The molecule has 0 amide bonds. The number of carbonyl (C=O) groups excluding carboxylic acids is 1. The maximum Gasteiger partial charge on any atom is 0.341 e. The molecule has 1 saturated heterocycles. The van der Waals surface area contributed by atoms with Crippen LogP contribution in [0.25, 0.3) is 0 Å².